The summed E-state index contributed by atoms with van der Waals surface area (Å²) in [4.78, 5) is 19.7. The standard InChI is InChI=1S/C22H31N5O2/c1-18-9-11-27(23-18)17-22(28)26-10-5-6-19(16-26)24-12-14-25(15-13-24)20-7-3-4-8-21(20)29-2/h3-4,7-9,11,19H,5-6,10,12-17H2,1-2H3/t19-/m0/s1. The minimum atomic E-state index is 0.172. The maximum atomic E-state index is 12.7. The summed E-state index contributed by atoms with van der Waals surface area (Å²) in [5, 5.41) is 4.35. The fourth-order valence-electron chi connectivity index (χ4n) is 4.49. The second-order valence-corrected chi connectivity index (χ2v) is 7.99. The Morgan fingerprint density at radius 1 is 1.14 bits per heavy atom. The van der Waals surface area contributed by atoms with E-state index >= 15 is 0 Å². The van der Waals surface area contributed by atoms with Crippen LogP contribution in [0.2, 0.25) is 0 Å². The first-order valence-electron chi connectivity index (χ1n) is 10.5. The van der Waals surface area contributed by atoms with Crippen LogP contribution in [0.3, 0.4) is 0 Å². The molecular weight excluding hydrogens is 366 g/mol. The molecule has 156 valence electrons. The van der Waals surface area contributed by atoms with Gasteiger partial charge in [-0.3, -0.25) is 14.4 Å². The van der Waals surface area contributed by atoms with E-state index in [0.717, 1.165) is 57.1 Å². The van der Waals surface area contributed by atoms with E-state index < -0.39 is 0 Å². The first-order chi connectivity index (χ1) is 14.1. The van der Waals surface area contributed by atoms with Crippen molar-refractivity contribution in [2.75, 3.05) is 51.3 Å². The predicted molar refractivity (Wildman–Crippen MR) is 113 cm³/mol. The van der Waals surface area contributed by atoms with Gasteiger partial charge in [0.25, 0.3) is 0 Å². The molecule has 2 fully saturated rings. The SMILES string of the molecule is COc1ccccc1N1CCN([C@H]2CCCN(C(=O)Cn3ccc(C)n3)C2)CC1. The van der Waals surface area contributed by atoms with E-state index in [1.54, 1.807) is 11.8 Å². The van der Waals surface area contributed by atoms with Crippen molar-refractivity contribution in [2.45, 2.75) is 32.4 Å². The fraction of sp³-hybridized carbons (Fsp3) is 0.545. The van der Waals surface area contributed by atoms with Crippen molar-refractivity contribution in [1.82, 2.24) is 19.6 Å². The van der Waals surface area contributed by atoms with E-state index in [-0.39, 0.29) is 5.91 Å². The Labute approximate surface area is 172 Å². The first kappa shape index (κ1) is 19.8. The number of likely N-dealkylation sites (tertiary alicyclic amines) is 1. The van der Waals surface area contributed by atoms with Crippen molar-refractivity contribution in [3.63, 3.8) is 0 Å². The molecule has 2 saturated heterocycles. The largest absolute Gasteiger partial charge is 0.495 e. The van der Waals surface area contributed by atoms with Crippen LogP contribution in [0.1, 0.15) is 18.5 Å². The number of para-hydroxylation sites is 2. The summed E-state index contributed by atoms with van der Waals surface area (Å²) in [5.74, 6) is 1.11. The third kappa shape index (κ3) is 4.56. The molecule has 3 heterocycles. The topological polar surface area (TPSA) is 53.8 Å². The highest BCUT2D eigenvalue weighted by molar-refractivity contribution is 5.76. The third-order valence-corrected chi connectivity index (χ3v) is 6.08. The zero-order valence-electron chi connectivity index (χ0n) is 17.5. The molecule has 0 spiro atoms. The van der Waals surface area contributed by atoms with Gasteiger partial charge in [0.1, 0.15) is 12.3 Å². The molecule has 0 N–H and O–H groups in total. The molecule has 1 aromatic carbocycles. The monoisotopic (exact) mass is 397 g/mol. The van der Waals surface area contributed by atoms with Gasteiger partial charge < -0.3 is 14.5 Å². The van der Waals surface area contributed by atoms with Gasteiger partial charge in [-0.1, -0.05) is 12.1 Å². The van der Waals surface area contributed by atoms with Gasteiger partial charge in [0.15, 0.2) is 0 Å². The summed E-state index contributed by atoms with van der Waals surface area (Å²) in [7, 11) is 1.73. The van der Waals surface area contributed by atoms with Gasteiger partial charge in [-0.2, -0.15) is 5.10 Å². The normalized spacial score (nSPS) is 20.7. The summed E-state index contributed by atoms with van der Waals surface area (Å²) >= 11 is 0. The number of anilines is 1. The summed E-state index contributed by atoms with van der Waals surface area (Å²) in [6, 6.07) is 10.6. The Bertz CT molecular complexity index is 828. The molecule has 2 aliphatic heterocycles. The minimum Gasteiger partial charge on any atom is -0.495 e. The molecule has 0 unspecified atom stereocenters. The van der Waals surface area contributed by atoms with Crippen molar-refractivity contribution in [3.8, 4) is 5.75 Å². The number of hydrogen-bond acceptors (Lipinski definition) is 5. The second-order valence-electron chi connectivity index (χ2n) is 7.99. The number of aryl methyl sites for hydroxylation is 1. The fourth-order valence-corrected chi connectivity index (χ4v) is 4.49. The van der Waals surface area contributed by atoms with E-state index in [0.29, 0.717) is 12.6 Å². The number of ether oxygens (including phenoxy) is 1. The lowest BCUT2D eigenvalue weighted by molar-refractivity contribution is -0.134. The number of amides is 1. The van der Waals surface area contributed by atoms with Crippen LogP contribution in [0.5, 0.6) is 5.75 Å². The highest BCUT2D eigenvalue weighted by Gasteiger charge is 2.30. The molecule has 0 radical (unpaired) electrons. The summed E-state index contributed by atoms with van der Waals surface area (Å²) in [6.07, 6.45) is 4.12. The molecule has 0 aliphatic carbocycles. The highest BCUT2D eigenvalue weighted by Crippen LogP contribution is 2.29. The number of rotatable bonds is 5. The summed E-state index contributed by atoms with van der Waals surface area (Å²) < 4.78 is 7.27. The van der Waals surface area contributed by atoms with Gasteiger partial charge in [0, 0.05) is 51.5 Å². The average Bonchev–Trinajstić information content (AvgIpc) is 3.18. The van der Waals surface area contributed by atoms with Crippen LogP contribution in [-0.4, -0.2) is 77.9 Å². The number of piperidine rings is 1. The van der Waals surface area contributed by atoms with Gasteiger partial charge in [0.05, 0.1) is 18.5 Å². The molecule has 29 heavy (non-hydrogen) atoms. The molecule has 4 rings (SSSR count). The number of piperazine rings is 1. The van der Waals surface area contributed by atoms with Crippen LogP contribution in [0.15, 0.2) is 36.5 Å². The lowest BCUT2D eigenvalue weighted by atomic mass is 10.0. The molecule has 7 heteroatoms. The van der Waals surface area contributed by atoms with Crippen LogP contribution < -0.4 is 9.64 Å². The lowest BCUT2D eigenvalue weighted by Crippen LogP contribution is -2.56. The smallest absolute Gasteiger partial charge is 0.244 e. The number of aromatic nitrogens is 2. The number of hydrogen-bond donors (Lipinski definition) is 0. The van der Waals surface area contributed by atoms with E-state index in [1.807, 2.05) is 36.2 Å². The molecule has 1 aromatic heterocycles. The molecule has 0 saturated carbocycles. The van der Waals surface area contributed by atoms with Crippen molar-refractivity contribution < 1.29 is 9.53 Å². The first-order valence-corrected chi connectivity index (χ1v) is 10.5. The highest BCUT2D eigenvalue weighted by atomic mass is 16.5. The molecule has 2 aliphatic rings. The zero-order chi connectivity index (χ0) is 20.2. The Kier molecular flexibility index (Phi) is 6.04. The van der Waals surface area contributed by atoms with Crippen LogP contribution in [0, 0.1) is 6.92 Å². The van der Waals surface area contributed by atoms with E-state index in [1.165, 1.54) is 12.1 Å². The van der Waals surface area contributed by atoms with E-state index in [4.69, 9.17) is 4.74 Å². The molecule has 1 atom stereocenters. The quantitative estimate of drug-likeness (QED) is 0.773. The maximum Gasteiger partial charge on any atom is 0.244 e. The number of nitrogens with zero attached hydrogens (tertiary/aromatic N) is 5. The second kappa shape index (κ2) is 8.86. The van der Waals surface area contributed by atoms with Gasteiger partial charge in [-0.05, 0) is 38.0 Å². The van der Waals surface area contributed by atoms with Gasteiger partial charge >= 0.3 is 0 Å². The predicted octanol–water partition coefficient (Wildman–Crippen LogP) is 2.01. The molecule has 7 nitrogen and oxygen atoms in total. The van der Waals surface area contributed by atoms with E-state index in [2.05, 4.69) is 27.0 Å². The number of carbonyl (C=O) groups is 1. The number of carbonyl (C=O) groups excluding carboxylic acids is 1. The molecular formula is C22H31N5O2. The Balaban J connectivity index is 1.32. The van der Waals surface area contributed by atoms with Crippen LogP contribution in [-0.2, 0) is 11.3 Å². The molecule has 2 aromatic rings. The average molecular weight is 398 g/mol. The van der Waals surface area contributed by atoms with Crippen LogP contribution in [0.25, 0.3) is 0 Å². The molecule has 1 amide bonds. The van der Waals surface area contributed by atoms with Crippen LogP contribution in [0.4, 0.5) is 5.69 Å². The van der Waals surface area contributed by atoms with Crippen LogP contribution >= 0.6 is 0 Å². The van der Waals surface area contributed by atoms with Gasteiger partial charge in [-0.25, -0.2) is 0 Å². The Morgan fingerprint density at radius 2 is 1.93 bits per heavy atom. The number of methoxy groups -OCH3 is 1. The van der Waals surface area contributed by atoms with Gasteiger partial charge in [-0.15, -0.1) is 0 Å². The third-order valence-electron chi connectivity index (χ3n) is 6.08. The van der Waals surface area contributed by atoms with Gasteiger partial charge in [0.2, 0.25) is 5.91 Å². The van der Waals surface area contributed by atoms with Crippen molar-refractivity contribution >= 4 is 11.6 Å². The Morgan fingerprint density at radius 3 is 2.66 bits per heavy atom. The number of benzene rings is 1. The minimum absolute atomic E-state index is 0.172. The zero-order valence-corrected chi connectivity index (χ0v) is 17.5. The Hall–Kier alpha value is -2.54. The van der Waals surface area contributed by atoms with Crippen molar-refractivity contribution in [2.24, 2.45) is 0 Å². The lowest BCUT2D eigenvalue weighted by Gasteiger charge is -2.44. The van der Waals surface area contributed by atoms with E-state index in [9.17, 15) is 4.79 Å². The summed E-state index contributed by atoms with van der Waals surface area (Å²) in [6.45, 7) is 7.97. The van der Waals surface area contributed by atoms with Crippen molar-refractivity contribution in [3.05, 3.63) is 42.2 Å². The summed E-state index contributed by atoms with van der Waals surface area (Å²) in [5.41, 5.74) is 2.12. The van der Waals surface area contributed by atoms with Crippen molar-refractivity contribution in [1.29, 1.82) is 0 Å². The molecule has 0 bridgehead atoms. The maximum absolute atomic E-state index is 12.7.